The van der Waals surface area contributed by atoms with Gasteiger partial charge in [0.15, 0.2) is 5.78 Å². The monoisotopic (exact) mass is 226 g/mol. The minimum atomic E-state index is -1.04. The quantitative estimate of drug-likeness (QED) is 0.733. The molecule has 1 saturated heterocycles. The summed E-state index contributed by atoms with van der Waals surface area (Å²) in [6.07, 6.45) is 7.41. The normalized spacial score (nSPS) is 30.7. The summed E-state index contributed by atoms with van der Waals surface area (Å²) in [6, 6.07) is 0. The molecule has 1 unspecified atom stereocenters. The van der Waals surface area contributed by atoms with Gasteiger partial charge in [0.05, 0.1) is 6.61 Å². The minimum absolute atomic E-state index is 0.0501. The molecule has 2 fully saturated rings. The Kier molecular flexibility index (Phi) is 3.98. The van der Waals surface area contributed by atoms with Crippen molar-refractivity contribution < 1.29 is 14.6 Å². The molecule has 0 radical (unpaired) electrons. The third-order valence-corrected chi connectivity index (χ3v) is 3.92. The molecule has 1 atom stereocenters. The molecule has 1 saturated carbocycles. The predicted molar refractivity (Wildman–Crippen MR) is 61.2 cm³/mol. The van der Waals surface area contributed by atoms with Gasteiger partial charge in [-0.1, -0.05) is 25.7 Å². The van der Waals surface area contributed by atoms with Crippen LogP contribution in [0.4, 0.5) is 0 Å². The SMILES string of the molecule is O=C(C1CCCOC1)C1(O)CCCCCC1. The van der Waals surface area contributed by atoms with Crippen LogP contribution in [0.5, 0.6) is 0 Å². The number of ether oxygens (including phenoxy) is 1. The van der Waals surface area contributed by atoms with Gasteiger partial charge in [0.1, 0.15) is 5.60 Å². The highest BCUT2D eigenvalue weighted by atomic mass is 16.5. The van der Waals surface area contributed by atoms with E-state index in [1.165, 1.54) is 0 Å². The highest BCUT2D eigenvalue weighted by molar-refractivity contribution is 5.89. The Morgan fingerprint density at radius 2 is 1.81 bits per heavy atom. The first-order valence-corrected chi connectivity index (χ1v) is 6.57. The number of hydrogen-bond donors (Lipinski definition) is 1. The van der Waals surface area contributed by atoms with E-state index in [-0.39, 0.29) is 11.7 Å². The average Bonchev–Trinajstić information content (AvgIpc) is 2.55. The Hall–Kier alpha value is -0.410. The molecule has 2 rings (SSSR count). The summed E-state index contributed by atoms with van der Waals surface area (Å²) >= 11 is 0. The largest absolute Gasteiger partial charge is 0.382 e. The number of Topliss-reactive ketones (excluding diaryl/α,β-unsaturated/α-hetero) is 1. The molecule has 0 aromatic heterocycles. The Labute approximate surface area is 97.2 Å². The molecule has 16 heavy (non-hydrogen) atoms. The topological polar surface area (TPSA) is 46.5 Å². The molecule has 0 aromatic carbocycles. The van der Waals surface area contributed by atoms with Gasteiger partial charge in [-0.05, 0) is 25.7 Å². The smallest absolute Gasteiger partial charge is 0.169 e. The fourth-order valence-electron chi connectivity index (χ4n) is 2.89. The minimum Gasteiger partial charge on any atom is -0.382 e. The fourth-order valence-corrected chi connectivity index (χ4v) is 2.89. The molecule has 3 nitrogen and oxygen atoms in total. The maximum atomic E-state index is 12.3. The van der Waals surface area contributed by atoms with E-state index >= 15 is 0 Å². The zero-order valence-electron chi connectivity index (χ0n) is 9.91. The first-order valence-electron chi connectivity index (χ1n) is 6.57. The predicted octanol–water partition coefficient (Wildman–Crippen LogP) is 2.07. The molecule has 3 heteroatoms. The number of carbonyl (C=O) groups excluding carboxylic acids is 1. The molecule has 92 valence electrons. The van der Waals surface area contributed by atoms with Gasteiger partial charge in [-0.3, -0.25) is 4.79 Å². The molecule has 1 aliphatic carbocycles. The number of ketones is 1. The summed E-state index contributed by atoms with van der Waals surface area (Å²) in [5, 5.41) is 10.5. The standard InChI is InChI=1S/C13H22O3/c14-12(11-6-5-9-16-10-11)13(15)7-3-1-2-4-8-13/h11,15H,1-10H2. The van der Waals surface area contributed by atoms with Crippen molar-refractivity contribution in [2.75, 3.05) is 13.2 Å². The van der Waals surface area contributed by atoms with Crippen LogP contribution in [0.3, 0.4) is 0 Å². The maximum absolute atomic E-state index is 12.3. The van der Waals surface area contributed by atoms with Crippen LogP contribution in [0.15, 0.2) is 0 Å². The van der Waals surface area contributed by atoms with Crippen LogP contribution in [-0.2, 0) is 9.53 Å². The van der Waals surface area contributed by atoms with Crippen molar-refractivity contribution >= 4 is 5.78 Å². The summed E-state index contributed by atoms with van der Waals surface area (Å²) in [7, 11) is 0. The lowest BCUT2D eigenvalue weighted by molar-refractivity contribution is -0.147. The van der Waals surface area contributed by atoms with Gasteiger partial charge in [-0.2, -0.15) is 0 Å². The lowest BCUT2D eigenvalue weighted by Gasteiger charge is -2.31. The fraction of sp³-hybridized carbons (Fsp3) is 0.923. The zero-order chi connectivity index (χ0) is 11.4. The molecule has 1 aliphatic heterocycles. The molecule has 2 aliphatic rings. The van der Waals surface area contributed by atoms with Gasteiger partial charge in [0, 0.05) is 12.5 Å². The van der Waals surface area contributed by atoms with Gasteiger partial charge in [0.25, 0.3) is 0 Å². The summed E-state index contributed by atoms with van der Waals surface area (Å²) in [5.74, 6) is -0.00838. The molecular weight excluding hydrogens is 204 g/mol. The highest BCUT2D eigenvalue weighted by Gasteiger charge is 2.40. The van der Waals surface area contributed by atoms with Crippen LogP contribution in [0.25, 0.3) is 0 Å². The average molecular weight is 226 g/mol. The van der Waals surface area contributed by atoms with E-state index in [0.717, 1.165) is 45.1 Å². The van der Waals surface area contributed by atoms with Crippen LogP contribution in [0.1, 0.15) is 51.4 Å². The number of carbonyl (C=O) groups is 1. The van der Waals surface area contributed by atoms with Crippen LogP contribution < -0.4 is 0 Å². The molecule has 0 amide bonds. The second-order valence-electron chi connectivity index (χ2n) is 5.22. The van der Waals surface area contributed by atoms with Crippen molar-refractivity contribution in [1.29, 1.82) is 0 Å². The molecule has 1 heterocycles. The summed E-state index contributed by atoms with van der Waals surface area (Å²) in [6.45, 7) is 1.28. The van der Waals surface area contributed by atoms with E-state index in [1.54, 1.807) is 0 Å². The third kappa shape index (κ3) is 2.64. The lowest BCUT2D eigenvalue weighted by atomic mass is 9.81. The molecule has 0 bridgehead atoms. The van der Waals surface area contributed by atoms with Gasteiger partial charge in [-0.25, -0.2) is 0 Å². The van der Waals surface area contributed by atoms with Crippen molar-refractivity contribution in [2.24, 2.45) is 5.92 Å². The molecule has 0 spiro atoms. The van der Waals surface area contributed by atoms with E-state index in [9.17, 15) is 9.90 Å². The zero-order valence-corrected chi connectivity index (χ0v) is 9.91. The Balaban J connectivity index is 1.99. The summed E-state index contributed by atoms with van der Waals surface area (Å²) < 4.78 is 5.34. The highest BCUT2D eigenvalue weighted by Crippen LogP contribution is 2.32. The summed E-state index contributed by atoms with van der Waals surface area (Å²) in [4.78, 5) is 12.3. The third-order valence-electron chi connectivity index (χ3n) is 3.92. The Bertz CT molecular complexity index is 236. The second-order valence-corrected chi connectivity index (χ2v) is 5.22. The number of rotatable bonds is 2. The van der Waals surface area contributed by atoms with Gasteiger partial charge in [-0.15, -0.1) is 0 Å². The lowest BCUT2D eigenvalue weighted by Crippen LogP contribution is -2.44. The first kappa shape index (κ1) is 12.1. The van der Waals surface area contributed by atoms with Crippen molar-refractivity contribution in [2.45, 2.75) is 57.0 Å². The number of aliphatic hydroxyl groups is 1. The maximum Gasteiger partial charge on any atom is 0.169 e. The van der Waals surface area contributed by atoms with Crippen LogP contribution in [-0.4, -0.2) is 29.7 Å². The van der Waals surface area contributed by atoms with Gasteiger partial charge >= 0.3 is 0 Å². The van der Waals surface area contributed by atoms with Gasteiger partial charge in [0.2, 0.25) is 0 Å². The van der Waals surface area contributed by atoms with Crippen molar-refractivity contribution in [3.63, 3.8) is 0 Å². The summed E-state index contributed by atoms with van der Waals surface area (Å²) in [5.41, 5.74) is -1.04. The Morgan fingerprint density at radius 1 is 1.12 bits per heavy atom. The van der Waals surface area contributed by atoms with E-state index in [4.69, 9.17) is 4.74 Å². The van der Waals surface area contributed by atoms with Crippen LogP contribution in [0.2, 0.25) is 0 Å². The van der Waals surface area contributed by atoms with Crippen molar-refractivity contribution in [3.8, 4) is 0 Å². The van der Waals surface area contributed by atoms with Crippen LogP contribution >= 0.6 is 0 Å². The van der Waals surface area contributed by atoms with E-state index in [2.05, 4.69) is 0 Å². The number of hydrogen-bond acceptors (Lipinski definition) is 3. The van der Waals surface area contributed by atoms with E-state index < -0.39 is 5.60 Å². The van der Waals surface area contributed by atoms with Gasteiger partial charge < -0.3 is 9.84 Å². The Morgan fingerprint density at radius 3 is 2.38 bits per heavy atom. The first-order chi connectivity index (χ1) is 7.72. The van der Waals surface area contributed by atoms with Crippen molar-refractivity contribution in [3.05, 3.63) is 0 Å². The molecular formula is C13H22O3. The van der Waals surface area contributed by atoms with E-state index in [0.29, 0.717) is 19.4 Å². The molecule has 0 aromatic rings. The van der Waals surface area contributed by atoms with Crippen molar-refractivity contribution in [1.82, 2.24) is 0 Å². The molecule has 1 N–H and O–H groups in total. The van der Waals surface area contributed by atoms with E-state index in [1.807, 2.05) is 0 Å². The van der Waals surface area contributed by atoms with Crippen LogP contribution in [0, 0.1) is 5.92 Å². The second kappa shape index (κ2) is 5.28.